The molecule has 0 aliphatic rings. The van der Waals surface area contributed by atoms with Crippen LogP contribution in [0, 0.1) is 11.7 Å². The van der Waals surface area contributed by atoms with Crippen LogP contribution in [-0.4, -0.2) is 16.9 Å². The molecule has 0 N–H and O–H groups in total. The van der Waals surface area contributed by atoms with Crippen LogP contribution in [0.4, 0.5) is 4.39 Å². The number of hydrogen-bond acceptors (Lipinski definition) is 2. The summed E-state index contributed by atoms with van der Waals surface area (Å²) < 4.78 is 21.0. The number of hydrogen-bond donors (Lipinski definition) is 0. The fourth-order valence-corrected chi connectivity index (χ4v) is 2.38. The average molecular weight is 327 g/mol. The molecule has 0 amide bonds. The minimum Gasteiger partial charge on any atom is -0.494 e. The van der Waals surface area contributed by atoms with Gasteiger partial charge in [-0.15, -0.1) is 0 Å². The predicted octanol–water partition coefficient (Wildman–Crippen LogP) is 3.98. The second-order valence-electron chi connectivity index (χ2n) is 4.79. The number of nitrogens with zero attached hydrogens (tertiary/aromatic N) is 2. The first-order valence-corrected chi connectivity index (χ1v) is 6.89. The Balaban J connectivity index is 2.46. The van der Waals surface area contributed by atoms with Crippen LogP contribution in [0.3, 0.4) is 0 Å². The first kappa shape index (κ1) is 14.1. The summed E-state index contributed by atoms with van der Waals surface area (Å²) in [6.07, 6.45) is 0.901. The molecule has 3 nitrogen and oxygen atoms in total. The Morgan fingerprint density at radius 2 is 2.11 bits per heavy atom. The van der Waals surface area contributed by atoms with Crippen LogP contribution >= 0.6 is 15.9 Å². The summed E-state index contributed by atoms with van der Waals surface area (Å²) in [5.74, 6) is 0.368. The predicted molar refractivity (Wildman–Crippen MR) is 76.3 cm³/mol. The highest BCUT2D eigenvalue weighted by atomic mass is 79.9. The molecule has 2 aromatic rings. The second kappa shape index (κ2) is 5.74. The third-order valence-corrected chi connectivity index (χ3v) is 3.14. The van der Waals surface area contributed by atoms with Crippen molar-refractivity contribution in [3.63, 3.8) is 0 Å². The lowest BCUT2D eigenvalue weighted by Gasteiger charge is -2.10. The van der Waals surface area contributed by atoms with E-state index in [1.807, 2.05) is 10.7 Å². The topological polar surface area (TPSA) is 27.1 Å². The molecule has 1 heterocycles. The third kappa shape index (κ3) is 3.15. The highest BCUT2D eigenvalue weighted by molar-refractivity contribution is 9.10. The molecule has 1 aromatic carbocycles. The molecule has 0 fully saturated rings. The van der Waals surface area contributed by atoms with Gasteiger partial charge in [0.2, 0.25) is 0 Å². The standard InChI is InChI=1S/C14H16BrFN2O/c1-9(2)6-11-8-14(15)17-18(11)10-4-5-12(16)13(7-10)19-3/h4-5,7-9H,6H2,1-3H3. The number of benzene rings is 1. The van der Waals surface area contributed by atoms with Crippen molar-refractivity contribution in [2.75, 3.05) is 7.11 Å². The van der Waals surface area contributed by atoms with E-state index in [4.69, 9.17) is 4.74 Å². The lowest BCUT2D eigenvalue weighted by atomic mass is 10.1. The zero-order valence-electron chi connectivity index (χ0n) is 11.2. The summed E-state index contributed by atoms with van der Waals surface area (Å²) in [4.78, 5) is 0. The van der Waals surface area contributed by atoms with Gasteiger partial charge >= 0.3 is 0 Å². The average Bonchev–Trinajstić information content (AvgIpc) is 2.70. The Hall–Kier alpha value is -1.36. The molecule has 1 aromatic heterocycles. The van der Waals surface area contributed by atoms with E-state index in [9.17, 15) is 4.39 Å². The molecule has 0 saturated carbocycles. The van der Waals surface area contributed by atoms with Gasteiger partial charge < -0.3 is 4.74 Å². The van der Waals surface area contributed by atoms with Gasteiger partial charge in [0.25, 0.3) is 0 Å². The molecule has 102 valence electrons. The van der Waals surface area contributed by atoms with Gasteiger partial charge in [0, 0.05) is 11.8 Å². The number of rotatable bonds is 4. The van der Waals surface area contributed by atoms with Crippen molar-refractivity contribution in [1.82, 2.24) is 9.78 Å². The molecular formula is C14H16BrFN2O. The van der Waals surface area contributed by atoms with E-state index in [0.717, 1.165) is 22.4 Å². The SMILES string of the molecule is COc1cc(-n2nc(Br)cc2CC(C)C)ccc1F. The Morgan fingerprint density at radius 1 is 1.37 bits per heavy atom. The van der Waals surface area contributed by atoms with Crippen LogP contribution in [0.1, 0.15) is 19.5 Å². The molecular weight excluding hydrogens is 311 g/mol. The van der Waals surface area contributed by atoms with Gasteiger partial charge in [0.05, 0.1) is 12.8 Å². The lowest BCUT2D eigenvalue weighted by Crippen LogP contribution is -2.05. The number of methoxy groups -OCH3 is 1. The van der Waals surface area contributed by atoms with Crippen LogP contribution in [-0.2, 0) is 6.42 Å². The largest absolute Gasteiger partial charge is 0.494 e. The van der Waals surface area contributed by atoms with Crippen molar-refractivity contribution in [2.24, 2.45) is 5.92 Å². The minimum atomic E-state index is -0.372. The van der Waals surface area contributed by atoms with Crippen LogP contribution in [0.15, 0.2) is 28.9 Å². The molecule has 5 heteroatoms. The fourth-order valence-electron chi connectivity index (χ4n) is 1.95. The van der Waals surface area contributed by atoms with Crippen molar-refractivity contribution in [2.45, 2.75) is 20.3 Å². The number of aromatic nitrogens is 2. The maximum atomic E-state index is 13.4. The van der Waals surface area contributed by atoms with Gasteiger partial charge in [-0.25, -0.2) is 9.07 Å². The number of halogens is 2. The smallest absolute Gasteiger partial charge is 0.165 e. The Bertz CT molecular complexity index is 581. The summed E-state index contributed by atoms with van der Waals surface area (Å²) in [7, 11) is 1.45. The quantitative estimate of drug-likeness (QED) is 0.849. The van der Waals surface area contributed by atoms with E-state index in [0.29, 0.717) is 5.92 Å². The van der Waals surface area contributed by atoms with E-state index in [1.54, 1.807) is 12.1 Å². The van der Waals surface area contributed by atoms with Crippen molar-refractivity contribution in [3.8, 4) is 11.4 Å². The molecule has 0 bridgehead atoms. The Labute approximate surface area is 120 Å². The molecule has 0 saturated heterocycles. The Morgan fingerprint density at radius 3 is 2.74 bits per heavy atom. The maximum absolute atomic E-state index is 13.4. The monoisotopic (exact) mass is 326 g/mol. The minimum absolute atomic E-state index is 0.222. The van der Waals surface area contributed by atoms with E-state index in [-0.39, 0.29) is 11.6 Å². The van der Waals surface area contributed by atoms with E-state index in [2.05, 4.69) is 34.9 Å². The summed E-state index contributed by atoms with van der Waals surface area (Å²) in [5.41, 5.74) is 1.87. The van der Waals surface area contributed by atoms with Gasteiger partial charge in [-0.1, -0.05) is 13.8 Å². The zero-order chi connectivity index (χ0) is 14.0. The second-order valence-corrected chi connectivity index (χ2v) is 5.60. The number of ether oxygens (including phenoxy) is 1. The Kier molecular flexibility index (Phi) is 4.24. The van der Waals surface area contributed by atoms with Crippen molar-refractivity contribution >= 4 is 15.9 Å². The van der Waals surface area contributed by atoms with Crippen LogP contribution in [0.25, 0.3) is 5.69 Å². The van der Waals surface area contributed by atoms with Gasteiger partial charge in [-0.3, -0.25) is 0 Å². The van der Waals surface area contributed by atoms with Crippen molar-refractivity contribution in [1.29, 1.82) is 0 Å². The molecule has 0 unspecified atom stereocenters. The summed E-state index contributed by atoms with van der Waals surface area (Å²) in [6.45, 7) is 4.30. The maximum Gasteiger partial charge on any atom is 0.165 e. The highest BCUT2D eigenvalue weighted by Gasteiger charge is 2.12. The van der Waals surface area contributed by atoms with Crippen LogP contribution < -0.4 is 4.74 Å². The van der Waals surface area contributed by atoms with Gasteiger partial charge in [-0.2, -0.15) is 5.10 Å². The van der Waals surface area contributed by atoms with E-state index < -0.39 is 0 Å². The molecule has 0 atom stereocenters. The molecule has 0 aliphatic heterocycles. The summed E-state index contributed by atoms with van der Waals surface area (Å²) in [6, 6.07) is 6.72. The molecule has 19 heavy (non-hydrogen) atoms. The van der Waals surface area contributed by atoms with Gasteiger partial charge in [0.1, 0.15) is 4.60 Å². The lowest BCUT2D eigenvalue weighted by molar-refractivity contribution is 0.386. The van der Waals surface area contributed by atoms with E-state index in [1.165, 1.54) is 13.2 Å². The molecule has 0 spiro atoms. The first-order valence-electron chi connectivity index (χ1n) is 6.09. The summed E-state index contributed by atoms with van der Waals surface area (Å²) in [5, 5.41) is 4.39. The van der Waals surface area contributed by atoms with Crippen LogP contribution in [0.5, 0.6) is 5.75 Å². The van der Waals surface area contributed by atoms with Crippen molar-refractivity contribution < 1.29 is 9.13 Å². The van der Waals surface area contributed by atoms with Gasteiger partial charge in [0.15, 0.2) is 11.6 Å². The normalized spacial score (nSPS) is 11.1. The molecule has 0 radical (unpaired) electrons. The third-order valence-electron chi connectivity index (χ3n) is 2.75. The fraction of sp³-hybridized carbons (Fsp3) is 0.357. The molecule has 0 aliphatic carbocycles. The zero-order valence-corrected chi connectivity index (χ0v) is 12.7. The summed E-state index contributed by atoms with van der Waals surface area (Å²) >= 11 is 3.38. The van der Waals surface area contributed by atoms with Crippen LogP contribution in [0.2, 0.25) is 0 Å². The molecule has 2 rings (SSSR count). The van der Waals surface area contributed by atoms with Gasteiger partial charge in [-0.05, 0) is 46.5 Å². The van der Waals surface area contributed by atoms with E-state index >= 15 is 0 Å². The van der Waals surface area contributed by atoms with Crippen molar-refractivity contribution in [3.05, 3.63) is 40.4 Å². The first-order chi connectivity index (χ1) is 9.01. The highest BCUT2D eigenvalue weighted by Crippen LogP contribution is 2.24.